The maximum atomic E-state index is 13.5. The SMILES string of the molecule is COc1cccc(CSc2nc3n(n2)[C@@H](CC(C)C)C(C(=O)Nc2ccccc2OC)=C(C)N3)c1. The van der Waals surface area contributed by atoms with Crippen LogP contribution in [0, 0.1) is 5.92 Å². The lowest BCUT2D eigenvalue weighted by molar-refractivity contribution is -0.113. The summed E-state index contributed by atoms with van der Waals surface area (Å²) in [5.74, 6) is 2.96. The molecule has 0 saturated heterocycles. The molecule has 9 heteroatoms. The van der Waals surface area contributed by atoms with E-state index in [0.29, 0.717) is 39.8 Å². The second kappa shape index (κ2) is 10.9. The molecule has 3 aromatic rings. The smallest absolute Gasteiger partial charge is 0.255 e. The van der Waals surface area contributed by atoms with Crippen molar-refractivity contribution in [3.8, 4) is 11.5 Å². The quantitative estimate of drug-likeness (QED) is 0.380. The molecule has 2 heterocycles. The highest BCUT2D eigenvalue weighted by molar-refractivity contribution is 7.98. The summed E-state index contributed by atoms with van der Waals surface area (Å²) in [5, 5.41) is 11.8. The van der Waals surface area contributed by atoms with E-state index in [1.807, 2.05) is 54.1 Å². The van der Waals surface area contributed by atoms with Crippen LogP contribution in [0.2, 0.25) is 0 Å². The van der Waals surface area contributed by atoms with Crippen molar-refractivity contribution in [1.82, 2.24) is 14.8 Å². The Labute approximate surface area is 210 Å². The van der Waals surface area contributed by atoms with Gasteiger partial charge in [-0.2, -0.15) is 4.98 Å². The van der Waals surface area contributed by atoms with Crippen LogP contribution in [0.5, 0.6) is 11.5 Å². The highest BCUT2D eigenvalue weighted by Crippen LogP contribution is 2.37. The van der Waals surface area contributed by atoms with Crippen LogP contribution in [-0.4, -0.2) is 34.9 Å². The summed E-state index contributed by atoms with van der Waals surface area (Å²) in [7, 11) is 3.25. The molecule has 2 N–H and O–H groups in total. The Morgan fingerprint density at radius 1 is 1.17 bits per heavy atom. The summed E-state index contributed by atoms with van der Waals surface area (Å²) in [6.45, 7) is 6.19. The van der Waals surface area contributed by atoms with Gasteiger partial charge in [0.05, 0.1) is 31.5 Å². The molecule has 0 spiro atoms. The van der Waals surface area contributed by atoms with Crippen LogP contribution >= 0.6 is 11.8 Å². The number of thioether (sulfide) groups is 1. The first kappa shape index (κ1) is 24.7. The molecule has 1 aromatic heterocycles. The molecule has 0 unspecified atom stereocenters. The number of methoxy groups -OCH3 is 2. The highest BCUT2D eigenvalue weighted by Gasteiger charge is 2.33. The van der Waals surface area contributed by atoms with Crippen molar-refractivity contribution in [1.29, 1.82) is 0 Å². The molecule has 4 rings (SSSR count). The number of allylic oxidation sites excluding steroid dienone is 1. The Hall–Kier alpha value is -3.46. The van der Waals surface area contributed by atoms with Gasteiger partial charge in [0.2, 0.25) is 11.1 Å². The van der Waals surface area contributed by atoms with E-state index in [2.05, 4.69) is 30.5 Å². The van der Waals surface area contributed by atoms with Crippen LogP contribution in [0.4, 0.5) is 11.6 Å². The number of fused-ring (bicyclic) bond motifs is 1. The van der Waals surface area contributed by atoms with Crippen LogP contribution in [0.3, 0.4) is 0 Å². The Balaban J connectivity index is 1.58. The number of rotatable bonds is 9. The minimum absolute atomic E-state index is 0.183. The number of ether oxygens (including phenoxy) is 2. The molecule has 0 radical (unpaired) electrons. The van der Waals surface area contributed by atoms with Gasteiger partial charge < -0.3 is 20.1 Å². The van der Waals surface area contributed by atoms with Gasteiger partial charge in [-0.15, -0.1) is 5.10 Å². The number of amides is 1. The normalized spacial score (nSPS) is 15.0. The molecule has 1 aliphatic rings. The minimum atomic E-state index is -0.236. The number of hydrogen-bond donors (Lipinski definition) is 2. The van der Waals surface area contributed by atoms with Crippen LogP contribution in [0.25, 0.3) is 0 Å². The summed E-state index contributed by atoms with van der Waals surface area (Å²) in [5.41, 5.74) is 3.17. The van der Waals surface area contributed by atoms with Crippen molar-refractivity contribution >= 4 is 29.3 Å². The first-order valence-electron chi connectivity index (χ1n) is 11.5. The van der Waals surface area contributed by atoms with Crippen LogP contribution in [-0.2, 0) is 10.5 Å². The van der Waals surface area contributed by atoms with Gasteiger partial charge in [-0.05, 0) is 49.1 Å². The monoisotopic (exact) mass is 493 g/mol. The van der Waals surface area contributed by atoms with E-state index in [1.165, 1.54) is 0 Å². The molecule has 0 fully saturated rings. The molecule has 35 heavy (non-hydrogen) atoms. The van der Waals surface area contributed by atoms with Crippen molar-refractivity contribution in [3.63, 3.8) is 0 Å². The van der Waals surface area contributed by atoms with Gasteiger partial charge in [-0.25, -0.2) is 4.68 Å². The molecular weight excluding hydrogens is 462 g/mol. The fourth-order valence-electron chi connectivity index (χ4n) is 4.11. The van der Waals surface area contributed by atoms with Crippen LogP contribution < -0.4 is 20.1 Å². The standard InChI is InChI=1S/C26H31N5O3S/c1-16(2)13-21-23(24(32)28-20-11-6-7-12-22(20)34-5)17(3)27-25-29-26(30-31(21)25)35-15-18-9-8-10-19(14-18)33-4/h6-12,14,16,21H,13,15H2,1-5H3,(H,28,32)(H,27,29,30)/t21-/m0/s1. The van der Waals surface area contributed by atoms with Gasteiger partial charge in [0.15, 0.2) is 0 Å². The molecule has 0 saturated carbocycles. The average molecular weight is 494 g/mol. The molecule has 0 bridgehead atoms. The van der Waals surface area contributed by atoms with Gasteiger partial charge in [0.1, 0.15) is 11.5 Å². The van der Waals surface area contributed by atoms with E-state index in [9.17, 15) is 4.79 Å². The third kappa shape index (κ3) is 5.62. The fraction of sp³-hybridized carbons (Fsp3) is 0.346. The third-order valence-corrected chi connectivity index (χ3v) is 6.65. The number of benzene rings is 2. The Bertz CT molecular complexity index is 1240. The van der Waals surface area contributed by atoms with Crippen LogP contribution in [0.15, 0.2) is 65.0 Å². The molecule has 1 aliphatic heterocycles. The lowest BCUT2D eigenvalue weighted by Gasteiger charge is -2.29. The number of aromatic nitrogens is 3. The molecule has 1 amide bonds. The number of carbonyl (C=O) groups is 1. The zero-order valence-corrected chi connectivity index (χ0v) is 21.5. The second-order valence-electron chi connectivity index (χ2n) is 8.77. The predicted molar refractivity (Wildman–Crippen MR) is 139 cm³/mol. The van der Waals surface area contributed by atoms with Crippen molar-refractivity contribution in [3.05, 3.63) is 65.4 Å². The van der Waals surface area contributed by atoms with E-state index < -0.39 is 0 Å². The van der Waals surface area contributed by atoms with E-state index >= 15 is 0 Å². The van der Waals surface area contributed by atoms with Gasteiger partial charge in [0.25, 0.3) is 5.91 Å². The summed E-state index contributed by atoms with van der Waals surface area (Å²) < 4.78 is 12.6. The topological polar surface area (TPSA) is 90.3 Å². The van der Waals surface area contributed by atoms with Gasteiger partial charge in [-0.1, -0.05) is 49.9 Å². The van der Waals surface area contributed by atoms with Gasteiger partial charge in [-0.3, -0.25) is 4.79 Å². The zero-order valence-electron chi connectivity index (χ0n) is 20.7. The van der Waals surface area contributed by atoms with Crippen molar-refractivity contribution < 1.29 is 14.3 Å². The number of anilines is 2. The third-order valence-electron chi connectivity index (χ3n) is 5.74. The summed E-state index contributed by atoms with van der Waals surface area (Å²) in [4.78, 5) is 18.2. The maximum Gasteiger partial charge on any atom is 0.255 e. The number of nitrogens with one attached hydrogen (secondary N) is 2. The first-order chi connectivity index (χ1) is 16.9. The zero-order chi connectivity index (χ0) is 24.9. The van der Waals surface area contributed by atoms with E-state index in [1.54, 1.807) is 26.0 Å². The summed E-state index contributed by atoms with van der Waals surface area (Å²) in [6, 6.07) is 15.1. The number of para-hydroxylation sites is 2. The lowest BCUT2D eigenvalue weighted by Crippen LogP contribution is -2.31. The fourth-order valence-corrected chi connectivity index (χ4v) is 4.88. The lowest BCUT2D eigenvalue weighted by atomic mass is 9.94. The molecule has 8 nitrogen and oxygen atoms in total. The average Bonchev–Trinajstić information content (AvgIpc) is 3.25. The number of nitrogens with zero attached hydrogens (tertiary/aromatic N) is 3. The Morgan fingerprint density at radius 2 is 1.97 bits per heavy atom. The maximum absolute atomic E-state index is 13.5. The van der Waals surface area contributed by atoms with Gasteiger partial charge >= 0.3 is 0 Å². The Kier molecular flexibility index (Phi) is 7.65. The number of carbonyl (C=O) groups excluding carboxylic acids is 1. The minimum Gasteiger partial charge on any atom is -0.497 e. The molecule has 1 atom stereocenters. The first-order valence-corrected chi connectivity index (χ1v) is 12.5. The molecular formula is C26H31N5O3S. The van der Waals surface area contributed by atoms with E-state index in [-0.39, 0.29) is 11.9 Å². The summed E-state index contributed by atoms with van der Waals surface area (Å²) in [6.07, 6.45) is 0.754. The highest BCUT2D eigenvalue weighted by atomic mass is 32.2. The van der Waals surface area contributed by atoms with Crippen molar-refractivity contribution in [2.45, 2.75) is 44.1 Å². The Morgan fingerprint density at radius 3 is 2.71 bits per heavy atom. The summed E-state index contributed by atoms with van der Waals surface area (Å²) >= 11 is 1.55. The van der Waals surface area contributed by atoms with Crippen molar-refractivity contribution in [2.75, 3.05) is 24.9 Å². The van der Waals surface area contributed by atoms with Crippen molar-refractivity contribution in [2.24, 2.45) is 5.92 Å². The van der Waals surface area contributed by atoms with Crippen LogP contribution in [0.1, 0.15) is 38.8 Å². The molecule has 184 valence electrons. The molecule has 0 aliphatic carbocycles. The van der Waals surface area contributed by atoms with Gasteiger partial charge in [0, 0.05) is 11.4 Å². The predicted octanol–water partition coefficient (Wildman–Crippen LogP) is 5.51. The number of hydrogen-bond acceptors (Lipinski definition) is 7. The van der Waals surface area contributed by atoms with E-state index in [0.717, 1.165) is 23.4 Å². The molecule has 2 aromatic carbocycles. The largest absolute Gasteiger partial charge is 0.497 e. The second-order valence-corrected chi connectivity index (χ2v) is 9.71. The van der Waals surface area contributed by atoms with E-state index in [4.69, 9.17) is 19.6 Å².